The maximum atomic E-state index is 11.5. The Bertz CT molecular complexity index is 514. The molecule has 1 aromatic rings. The molecule has 0 unspecified atom stereocenters. The van der Waals surface area contributed by atoms with Crippen molar-refractivity contribution in [1.82, 2.24) is 10.9 Å². The monoisotopic (exact) mass is 267 g/mol. The van der Waals surface area contributed by atoms with Crippen molar-refractivity contribution in [1.29, 1.82) is 0 Å². The fourth-order valence-corrected chi connectivity index (χ4v) is 1.20. The molecule has 0 bridgehead atoms. The van der Waals surface area contributed by atoms with Gasteiger partial charge in [-0.3, -0.25) is 20.4 Å². The minimum absolute atomic E-state index is 0.256. The van der Waals surface area contributed by atoms with Gasteiger partial charge in [-0.2, -0.15) is 0 Å². The summed E-state index contributed by atoms with van der Waals surface area (Å²) in [6.45, 7) is 0. The van der Waals surface area contributed by atoms with Gasteiger partial charge in [-0.15, -0.1) is 0 Å². The van der Waals surface area contributed by atoms with Crippen LogP contribution in [0.25, 0.3) is 0 Å². The molecule has 0 radical (unpaired) electrons. The molecule has 0 heterocycles. The maximum absolute atomic E-state index is 11.5. The largest absolute Gasteiger partial charge is 0.545 e. The summed E-state index contributed by atoms with van der Waals surface area (Å²) in [5.74, 6) is -2.88. The van der Waals surface area contributed by atoms with E-state index in [1.54, 1.807) is 12.1 Å². The summed E-state index contributed by atoms with van der Waals surface area (Å²) in [4.78, 5) is 32.5. The molecule has 0 aliphatic rings. The lowest BCUT2D eigenvalue weighted by Gasteiger charge is -2.05. The highest BCUT2D eigenvalue weighted by Crippen LogP contribution is 2.09. The van der Waals surface area contributed by atoms with E-state index >= 15 is 0 Å². The molecule has 1 aromatic carbocycles. The highest BCUT2D eigenvalue weighted by molar-refractivity contribution is 6.30. The molecule has 1 rings (SSSR count). The van der Waals surface area contributed by atoms with Gasteiger partial charge in [0.25, 0.3) is 11.8 Å². The Balaban J connectivity index is 2.52. The van der Waals surface area contributed by atoms with Gasteiger partial charge in [0, 0.05) is 16.7 Å². The van der Waals surface area contributed by atoms with E-state index in [9.17, 15) is 19.5 Å². The smallest absolute Gasteiger partial charge is 0.269 e. The Kier molecular flexibility index (Phi) is 4.89. The van der Waals surface area contributed by atoms with Gasteiger partial charge in [-0.05, 0) is 24.3 Å². The first-order chi connectivity index (χ1) is 8.49. The van der Waals surface area contributed by atoms with E-state index < -0.39 is 17.8 Å². The third-order valence-corrected chi connectivity index (χ3v) is 1.99. The molecule has 2 N–H and O–H groups in total. The van der Waals surface area contributed by atoms with Gasteiger partial charge in [-0.25, -0.2) is 0 Å². The molecule has 6 nitrogen and oxygen atoms in total. The van der Waals surface area contributed by atoms with Crippen LogP contribution < -0.4 is 16.0 Å². The van der Waals surface area contributed by atoms with Crippen LogP contribution in [-0.2, 0) is 9.59 Å². The third-order valence-electron chi connectivity index (χ3n) is 1.76. The molecule has 0 fully saturated rings. The van der Waals surface area contributed by atoms with Gasteiger partial charge in [0.2, 0.25) is 0 Å². The van der Waals surface area contributed by atoms with Crippen LogP contribution >= 0.6 is 11.6 Å². The number of nitrogens with one attached hydrogen (secondary N) is 2. The number of hydrogen-bond donors (Lipinski definition) is 2. The molecule has 7 heteroatoms. The number of rotatable bonds is 3. The first-order valence-electron chi connectivity index (χ1n) is 4.74. The summed E-state index contributed by atoms with van der Waals surface area (Å²) in [5, 5.41) is 10.4. The zero-order valence-electron chi connectivity index (χ0n) is 8.98. The van der Waals surface area contributed by atoms with E-state index in [0.29, 0.717) is 17.2 Å². The summed E-state index contributed by atoms with van der Waals surface area (Å²) in [7, 11) is 0. The van der Waals surface area contributed by atoms with Crippen molar-refractivity contribution in [2.45, 2.75) is 0 Å². The van der Waals surface area contributed by atoms with Crippen LogP contribution in [0.15, 0.2) is 36.4 Å². The van der Waals surface area contributed by atoms with E-state index in [1.165, 1.54) is 12.1 Å². The summed E-state index contributed by atoms with van der Waals surface area (Å²) >= 11 is 5.69. The van der Waals surface area contributed by atoms with Crippen LogP contribution in [0.3, 0.4) is 0 Å². The second kappa shape index (κ2) is 6.41. The molecule has 0 atom stereocenters. The summed E-state index contributed by atoms with van der Waals surface area (Å²) in [6, 6.07) is 6.10. The van der Waals surface area contributed by atoms with Crippen LogP contribution in [0.2, 0.25) is 5.02 Å². The highest BCUT2D eigenvalue weighted by Gasteiger charge is 2.05. The fraction of sp³-hybridized carbons (Fsp3) is 0. The molecule has 0 aliphatic heterocycles. The average Bonchev–Trinajstić information content (AvgIpc) is 2.33. The molecule has 0 aliphatic carbocycles. The van der Waals surface area contributed by atoms with E-state index in [2.05, 4.69) is 5.43 Å². The minimum Gasteiger partial charge on any atom is -0.545 e. The van der Waals surface area contributed by atoms with Crippen molar-refractivity contribution < 1.29 is 19.5 Å². The van der Waals surface area contributed by atoms with Crippen molar-refractivity contribution in [3.8, 4) is 0 Å². The van der Waals surface area contributed by atoms with Crippen molar-refractivity contribution in [2.24, 2.45) is 0 Å². The average molecular weight is 268 g/mol. The first-order valence-corrected chi connectivity index (χ1v) is 5.12. The number of amides is 2. The lowest BCUT2D eigenvalue weighted by Crippen LogP contribution is -2.41. The Labute approximate surface area is 107 Å². The molecule has 0 aromatic heterocycles. The SMILES string of the molecule is O=C([O-])/C=C/C(=O)NNC(=O)c1cccc(Cl)c1. The van der Waals surface area contributed by atoms with Gasteiger partial charge in [0.15, 0.2) is 0 Å². The van der Waals surface area contributed by atoms with Crippen LogP contribution in [0.4, 0.5) is 0 Å². The van der Waals surface area contributed by atoms with Gasteiger partial charge < -0.3 is 9.90 Å². The number of aliphatic carboxylic acids is 1. The quantitative estimate of drug-likeness (QED) is 0.565. The number of hydrogen-bond acceptors (Lipinski definition) is 4. The fourth-order valence-electron chi connectivity index (χ4n) is 1.01. The van der Waals surface area contributed by atoms with Gasteiger partial charge in [0.05, 0.1) is 5.97 Å². The maximum Gasteiger partial charge on any atom is 0.269 e. The number of carboxylic acid groups (broad SMARTS) is 1. The zero-order chi connectivity index (χ0) is 13.5. The van der Waals surface area contributed by atoms with Crippen molar-refractivity contribution in [3.63, 3.8) is 0 Å². The Morgan fingerprint density at radius 3 is 2.50 bits per heavy atom. The van der Waals surface area contributed by atoms with Crippen molar-refractivity contribution in [2.75, 3.05) is 0 Å². The number of carbonyl (C=O) groups is 3. The summed E-state index contributed by atoms with van der Waals surface area (Å²) in [6.07, 6.45) is 1.26. The van der Waals surface area contributed by atoms with Gasteiger partial charge in [0.1, 0.15) is 0 Å². The topological polar surface area (TPSA) is 98.3 Å². The zero-order valence-corrected chi connectivity index (χ0v) is 9.73. The summed E-state index contributed by atoms with van der Waals surface area (Å²) < 4.78 is 0. The van der Waals surface area contributed by atoms with E-state index in [4.69, 9.17) is 11.6 Å². The highest BCUT2D eigenvalue weighted by atomic mass is 35.5. The number of carboxylic acids is 1. The van der Waals surface area contributed by atoms with Crippen molar-refractivity contribution >= 4 is 29.4 Å². The molecule has 0 saturated carbocycles. The normalized spacial score (nSPS) is 10.1. The van der Waals surface area contributed by atoms with Crippen LogP contribution in [0.5, 0.6) is 0 Å². The lowest BCUT2D eigenvalue weighted by atomic mass is 10.2. The van der Waals surface area contributed by atoms with Crippen LogP contribution in [-0.4, -0.2) is 17.8 Å². The second-order valence-electron chi connectivity index (χ2n) is 3.11. The van der Waals surface area contributed by atoms with E-state index in [0.717, 1.165) is 0 Å². The number of halogens is 1. The number of carbonyl (C=O) groups excluding carboxylic acids is 3. The first kappa shape index (κ1) is 13.7. The standard InChI is InChI=1S/C11H9ClN2O4/c12-8-3-1-2-7(6-8)11(18)14-13-9(15)4-5-10(16)17/h1-6H,(H,13,15)(H,14,18)(H,16,17)/p-1/b5-4+. The second-order valence-corrected chi connectivity index (χ2v) is 3.54. The predicted octanol–water partition coefficient (Wildman–Crippen LogP) is -0.593. The van der Waals surface area contributed by atoms with Crippen LogP contribution in [0.1, 0.15) is 10.4 Å². The van der Waals surface area contributed by atoms with Gasteiger partial charge >= 0.3 is 0 Å². The minimum atomic E-state index is -1.51. The Morgan fingerprint density at radius 1 is 1.17 bits per heavy atom. The number of hydrazine groups is 1. The third kappa shape index (κ3) is 4.67. The van der Waals surface area contributed by atoms with Gasteiger partial charge in [-0.1, -0.05) is 17.7 Å². The Morgan fingerprint density at radius 2 is 1.89 bits per heavy atom. The predicted molar refractivity (Wildman–Crippen MR) is 61.2 cm³/mol. The van der Waals surface area contributed by atoms with Crippen molar-refractivity contribution in [3.05, 3.63) is 47.0 Å². The molecular formula is C11H8ClN2O4-. The van der Waals surface area contributed by atoms with E-state index in [1.807, 2.05) is 5.43 Å². The molecule has 94 valence electrons. The number of benzene rings is 1. The Hall–Kier alpha value is -2.34. The molecule has 0 saturated heterocycles. The van der Waals surface area contributed by atoms with Crippen LogP contribution in [0, 0.1) is 0 Å². The molecule has 0 spiro atoms. The van der Waals surface area contributed by atoms with E-state index in [-0.39, 0.29) is 5.56 Å². The molecular weight excluding hydrogens is 260 g/mol. The summed E-state index contributed by atoms with van der Waals surface area (Å²) in [5.41, 5.74) is 4.34. The molecule has 18 heavy (non-hydrogen) atoms. The lowest BCUT2D eigenvalue weighted by molar-refractivity contribution is -0.297. The molecule has 2 amide bonds.